The van der Waals surface area contributed by atoms with Crippen molar-refractivity contribution in [2.45, 2.75) is 6.54 Å². The van der Waals surface area contributed by atoms with Gasteiger partial charge in [0.05, 0.1) is 22.7 Å². The predicted octanol–water partition coefficient (Wildman–Crippen LogP) is 2.98. The number of halogens is 1. The minimum atomic E-state index is 0.432. The lowest BCUT2D eigenvalue weighted by molar-refractivity contribution is 0.226. The lowest BCUT2D eigenvalue weighted by Gasteiger charge is -2.34. The first-order valence-corrected chi connectivity index (χ1v) is 9.02. The van der Waals surface area contributed by atoms with E-state index in [0.29, 0.717) is 28.9 Å². The summed E-state index contributed by atoms with van der Waals surface area (Å²) in [6.45, 7) is 3.81. The average molecular weight is 381 g/mol. The lowest BCUT2D eigenvalue weighted by Crippen LogP contribution is -2.46. The zero-order valence-corrected chi connectivity index (χ0v) is 15.3. The van der Waals surface area contributed by atoms with Crippen molar-refractivity contribution in [1.82, 2.24) is 20.1 Å². The zero-order chi connectivity index (χ0) is 18.6. The van der Waals surface area contributed by atoms with E-state index < -0.39 is 0 Å². The van der Waals surface area contributed by atoms with Crippen molar-refractivity contribution in [3.05, 3.63) is 59.1 Å². The summed E-state index contributed by atoms with van der Waals surface area (Å²) in [7, 11) is 0. The van der Waals surface area contributed by atoms with Gasteiger partial charge in [0.25, 0.3) is 0 Å². The molecule has 0 N–H and O–H groups in total. The summed E-state index contributed by atoms with van der Waals surface area (Å²) in [6.07, 6.45) is 1.72. The number of piperazine rings is 1. The molecule has 1 fully saturated rings. The molecule has 2 aromatic heterocycles. The highest BCUT2D eigenvalue weighted by Crippen LogP contribution is 2.26. The van der Waals surface area contributed by atoms with Crippen LogP contribution in [0.3, 0.4) is 0 Å². The Morgan fingerprint density at radius 1 is 1.07 bits per heavy atom. The minimum absolute atomic E-state index is 0.432. The first kappa shape index (κ1) is 17.5. The molecule has 4 rings (SSSR count). The molecule has 0 radical (unpaired) electrons. The Balaban J connectivity index is 1.39. The van der Waals surface area contributed by atoms with E-state index in [1.165, 1.54) is 0 Å². The molecular weight excluding hydrogens is 364 g/mol. The third-order valence-corrected chi connectivity index (χ3v) is 4.84. The molecular formula is C19H17ClN6O. The van der Waals surface area contributed by atoms with Crippen molar-refractivity contribution in [2.24, 2.45) is 0 Å². The van der Waals surface area contributed by atoms with Crippen molar-refractivity contribution in [3.63, 3.8) is 0 Å². The lowest BCUT2D eigenvalue weighted by atomic mass is 10.2. The summed E-state index contributed by atoms with van der Waals surface area (Å²) in [5, 5.41) is 18.1. The van der Waals surface area contributed by atoms with Gasteiger partial charge in [0.2, 0.25) is 11.8 Å². The van der Waals surface area contributed by atoms with Gasteiger partial charge in [0, 0.05) is 32.4 Å². The molecule has 0 aliphatic carbocycles. The Hall–Kier alpha value is -2.95. The Kier molecular flexibility index (Phi) is 5.01. The standard InChI is InChI=1S/C19H17ClN6O/c20-16-6-2-1-5-15(16)19-24-23-17(27-19)13-25-8-10-26(11-9-25)18-14(12-21)4-3-7-22-18/h1-7H,8-11,13H2. The van der Waals surface area contributed by atoms with Crippen molar-refractivity contribution in [3.8, 4) is 17.5 Å². The molecule has 27 heavy (non-hydrogen) atoms. The summed E-state index contributed by atoms with van der Waals surface area (Å²) in [6, 6.07) is 13.2. The molecule has 0 amide bonds. The van der Waals surface area contributed by atoms with E-state index in [-0.39, 0.29) is 0 Å². The van der Waals surface area contributed by atoms with Crippen LogP contribution in [0, 0.1) is 11.3 Å². The van der Waals surface area contributed by atoms with Crippen molar-refractivity contribution in [2.75, 3.05) is 31.1 Å². The van der Waals surface area contributed by atoms with Crippen LogP contribution in [0.15, 0.2) is 47.0 Å². The van der Waals surface area contributed by atoms with Crippen LogP contribution >= 0.6 is 11.6 Å². The Morgan fingerprint density at radius 2 is 1.89 bits per heavy atom. The topological polar surface area (TPSA) is 82.1 Å². The van der Waals surface area contributed by atoms with Crippen LogP contribution in [0.1, 0.15) is 11.5 Å². The van der Waals surface area contributed by atoms with Gasteiger partial charge in [0.1, 0.15) is 11.9 Å². The van der Waals surface area contributed by atoms with Crippen molar-refractivity contribution < 1.29 is 4.42 Å². The van der Waals surface area contributed by atoms with Gasteiger partial charge in [-0.15, -0.1) is 10.2 Å². The van der Waals surface area contributed by atoms with Gasteiger partial charge >= 0.3 is 0 Å². The molecule has 0 saturated carbocycles. The maximum atomic E-state index is 9.25. The van der Waals surface area contributed by atoms with Gasteiger partial charge in [-0.05, 0) is 24.3 Å². The fourth-order valence-corrected chi connectivity index (χ4v) is 3.32. The van der Waals surface area contributed by atoms with Crippen LogP contribution in [-0.4, -0.2) is 46.3 Å². The van der Waals surface area contributed by atoms with E-state index in [0.717, 1.165) is 37.6 Å². The molecule has 0 atom stereocenters. The summed E-state index contributed by atoms with van der Waals surface area (Å²) in [5.41, 5.74) is 1.34. The molecule has 7 nitrogen and oxygen atoms in total. The van der Waals surface area contributed by atoms with Gasteiger partial charge in [-0.2, -0.15) is 5.26 Å². The smallest absolute Gasteiger partial charge is 0.249 e. The SMILES string of the molecule is N#Cc1cccnc1N1CCN(Cc2nnc(-c3ccccc3Cl)o2)CC1. The highest BCUT2D eigenvalue weighted by atomic mass is 35.5. The fraction of sp³-hybridized carbons (Fsp3) is 0.263. The van der Waals surface area contributed by atoms with Gasteiger partial charge in [-0.3, -0.25) is 4.90 Å². The normalized spacial score (nSPS) is 14.9. The second-order valence-electron chi connectivity index (χ2n) is 6.23. The number of anilines is 1. The minimum Gasteiger partial charge on any atom is -0.419 e. The molecule has 3 heterocycles. The van der Waals surface area contributed by atoms with Crippen LogP contribution in [0.25, 0.3) is 11.5 Å². The molecule has 136 valence electrons. The first-order chi connectivity index (χ1) is 13.2. The van der Waals surface area contributed by atoms with E-state index in [1.807, 2.05) is 18.2 Å². The van der Waals surface area contributed by atoms with E-state index in [9.17, 15) is 5.26 Å². The molecule has 1 saturated heterocycles. The van der Waals surface area contributed by atoms with E-state index in [4.69, 9.17) is 16.0 Å². The summed E-state index contributed by atoms with van der Waals surface area (Å²) in [5.74, 6) is 1.74. The summed E-state index contributed by atoms with van der Waals surface area (Å²) in [4.78, 5) is 8.74. The number of nitrogens with zero attached hydrogens (tertiary/aromatic N) is 6. The highest BCUT2D eigenvalue weighted by Gasteiger charge is 2.22. The summed E-state index contributed by atoms with van der Waals surface area (Å²) < 4.78 is 5.78. The van der Waals surface area contributed by atoms with Crippen molar-refractivity contribution >= 4 is 17.4 Å². The predicted molar refractivity (Wildman–Crippen MR) is 101 cm³/mol. The number of hydrogen-bond acceptors (Lipinski definition) is 7. The van der Waals surface area contributed by atoms with Crippen molar-refractivity contribution in [1.29, 1.82) is 5.26 Å². The quantitative estimate of drug-likeness (QED) is 0.688. The molecule has 1 aromatic carbocycles. The number of benzene rings is 1. The molecule has 1 aliphatic heterocycles. The van der Waals surface area contributed by atoms with Gasteiger partial charge in [0.15, 0.2) is 0 Å². The number of rotatable bonds is 4. The van der Waals surface area contributed by atoms with Crippen LogP contribution in [0.4, 0.5) is 5.82 Å². The number of nitriles is 1. The van der Waals surface area contributed by atoms with Crippen LogP contribution in [0.5, 0.6) is 0 Å². The fourth-order valence-electron chi connectivity index (χ4n) is 3.11. The van der Waals surface area contributed by atoms with E-state index >= 15 is 0 Å². The molecule has 8 heteroatoms. The maximum Gasteiger partial charge on any atom is 0.249 e. The second-order valence-corrected chi connectivity index (χ2v) is 6.64. The third-order valence-electron chi connectivity index (χ3n) is 4.51. The molecule has 0 spiro atoms. The highest BCUT2D eigenvalue weighted by molar-refractivity contribution is 6.33. The number of aromatic nitrogens is 3. The molecule has 3 aromatic rings. The van der Waals surface area contributed by atoms with Gasteiger partial charge in [-0.1, -0.05) is 23.7 Å². The monoisotopic (exact) mass is 380 g/mol. The Labute approximate surface area is 161 Å². The van der Waals surface area contributed by atoms with E-state index in [2.05, 4.69) is 31.1 Å². The Morgan fingerprint density at radius 3 is 2.67 bits per heavy atom. The van der Waals surface area contributed by atoms with Crippen LogP contribution in [-0.2, 0) is 6.54 Å². The van der Waals surface area contributed by atoms with Crippen LogP contribution < -0.4 is 4.90 Å². The number of hydrogen-bond donors (Lipinski definition) is 0. The average Bonchev–Trinajstić information content (AvgIpc) is 3.17. The molecule has 0 bridgehead atoms. The van der Waals surface area contributed by atoms with Crippen LogP contribution in [0.2, 0.25) is 5.02 Å². The van der Waals surface area contributed by atoms with Gasteiger partial charge < -0.3 is 9.32 Å². The van der Waals surface area contributed by atoms with Gasteiger partial charge in [-0.25, -0.2) is 4.98 Å². The molecule has 0 unspecified atom stereocenters. The third kappa shape index (κ3) is 3.77. The Bertz CT molecular complexity index is 974. The van der Waals surface area contributed by atoms with E-state index in [1.54, 1.807) is 24.4 Å². The zero-order valence-electron chi connectivity index (χ0n) is 14.5. The molecule has 1 aliphatic rings. The summed E-state index contributed by atoms with van der Waals surface area (Å²) >= 11 is 6.19. The number of pyridine rings is 1. The largest absolute Gasteiger partial charge is 0.419 e. The maximum absolute atomic E-state index is 9.25. The first-order valence-electron chi connectivity index (χ1n) is 8.64. The second kappa shape index (κ2) is 7.74.